The van der Waals surface area contributed by atoms with Gasteiger partial charge in [0.25, 0.3) is 5.22 Å². The smallest absolute Gasteiger partial charge is 0.335 e. The number of benzene rings is 1. The van der Waals surface area contributed by atoms with Crippen molar-refractivity contribution in [3.8, 4) is 0 Å². The fourth-order valence-electron chi connectivity index (χ4n) is 1.43. The SMILES string of the molecule is CCC(C)CSc1nc2ccc(C(=O)O)cc2o1. The number of carboxylic acids is 1. The molecule has 1 aromatic heterocycles. The van der Waals surface area contributed by atoms with Gasteiger partial charge in [-0.15, -0.1) is 0 Å². The highest BCUT2D eigenvalue weighted by atomic mass is 32.2. The molecule has 5 heteroatoms. The predicted octanol–water partition coefficient (Wildman–Crippen LogP) is 3.66. The zero-order valence-corrected chi connectivity index (χ0v) is 11.2. The Morgan fingerprint density at radius 2 is 2.33 bits per heavy atom. The summed E-state index contributed by atoms with van der Waals surface area (Å²) in [5, 5.41) is 9.50. The molecule has 0 bridgehead atoms. The molecule has 1 unspecified atom stereocenters. The molecule has 2 rings (SSSR count). The number of carboxylic acid groups (broad SMARTS) is 1. The molecule has 18 heavy (non-hydrogen) atoms. The van der Waals surface area contributed by atoms with Crippen molar-refractivity contribution in [2.75, 3.05) is 5.75 Å². The van der Waals surface area contributed by atoms with Gasteiger partial charge in [0.15, 0.2) is 5.58 Å². The van der Waals surface area contributed by atoms with Crippen molar-refractivity contribution in [2.24, 2.45) is 5.92 Å². The lowest BCUT2D eigenvalue weighted by Crippen LogP contribution is -1.94. The van der Waals surface area contributed by atoms with Gasteiger partial charge in [-0.05, 0) is 24.1 Å². The third-order valence-corrected chi connectivity index (χ3v) is 3.96. The Morgan fingerprint density at radius 3 is 3.00 bits per heavy atom. The van der Waals surface area contributed by atoms with Gasteiger partial charge in [-0.3, -0.25) is 0 Å². The summed E-state index contributed by atoms with van der Waals surface area (Å²) in [6.07, 6.45) is 1.12. The summed E-state index contributed by atoms with van der Waals surface area (Å²) < 4.78 is 5.54. The number of nitrogens with zero attached hydrogens (tertiary/aromatic N) is 1. The number of aromatic nitrogens is 1. The van der Waals surface area contributed by atoms with Crippen LogP contribution >= 0.6 is 11.8 Å². The van der Waals surface area contributed by atoms with Gasteiger partial charge in [-0.2, -0.15) is 0 Å². The molecule has 1 N–H and O–H groups in total. The van der Waals surface area contributed by atoms with Crippen molar-refractivity contribution in [1.82, 2.24) is 4.98 Å². The molecule has 2 aromatic rings. The summed E-state index contributed by atoms with van der Waals surface area (Å²) in [6, 6.07) is 4.73. The van der Waals surface area contributed by atoms with E-state index in [0.717, 1.165) is 12.2 Å². The first kappa shape index (κ1) is 13.0. The van der Waals surface area contributed by atoms with Crippen molar-refractivity contribution in [3.63, 3.8) is 0 Å². The van der Waals surface area contributed by atoms with E-state index in [2.05, 4.69) is 18.8 Å². The van der Waals surface area contributed by atoms with Crippen LogP contribution in [0.25, 0.3) is 11.1 Å². The van der Waals surface area contributed by atoms with Crippen molar-refractivity contribution < 1.29 is 14.3 Å². The minimum atomic E-state index is -0.956. The summed E-state index contributed by atoms with van der Waals surface area (Å²) >= 11 is 1.57. The monoisotopic (exact) mass is 265 g/mol. The number of oxazole rings is 1. The molecule has 4 nitrogen and oxygen atoms in total. The molecular weight excluding hydrogens is 250 g/mol. The highest BCUT2D eigenvalue weighted by molar-refractivity contribution is 7.99. The molecule has 0 saturated carbocycles. The normalized spacial score (nSPS) is 12.8. The van der Waals surface area contributed by atoms with E-state index in [1.807, 2.05) is 0 Å². The molecule has 0 spiro atoms. The first-order valence-corrected chi connectivity index (χ1v) is 6.85. The maximum Gasteiger partial charge on any atom is 0.335 e. The summed E-state index contributed by atoms with van der Waals surface area (Å²) in [5.41, 5.74) is 1.45. The lowest BCUT2D eigenvalue weighted by atomic mass is 10.2. The number of hydrogen-bond donors (Lipinski definition) is 1. The standard InChI is InChI=1S/C13H15NO3S/c1-3-8(2)7-18-13-14-10-5-4-9(12(15)16)6-11(10)17-13/h4-6,8H,3,7H2,1-2H3,(H,15,16). The molecule has 0 amide bonds. The fourth-order valence-corrected chi connectivity index (χ4v) is 2.40. The molecule has 1 aromatic carbocycles. The summed E-state index contributed by atoms with van der Waals surface area (Å²) in [7, 11) is 0. The van der Waals surface area contributed by atoms with Gasteiger partial charge in [-0.25, -0.2) is 9.78 Å². The first-order valence-electron chi connectivity index (χ1n) is 5.86. The van der Waals surface area contributed by atoms with E-state index in [-0.39, 0.29) is 5.56 Å². The summed E-state index contributed by atoms with van der Waals surface area (Å²) in [4.78, 5) is 15.2. The van der Waals surface area contributed by atoms with Crippen LogP contribution in [0.15, 0.2) is 27.8 Å². The number of aromatic carboxylic acids is 1. The molecule has 96 valence electrons. The van der Waals surface area contributed by atoms with Crippen molar-refractivity contribution >= 4 is 28.8 Å². The molecule has 1 atom stereocenters. The van der Waals surface area contributed by atoms with Gasteiger partial charge in [0, 0.05) is 5.75 Å². The lowest BCUT2D eigenvalue weighted by Gasteiger charge is -2.03. The number of fused-ring (bicyclic) bond motifs is 1. The van der Waals surface area contributed by atoms with E-state index >= 15 is 0 Å². The number of rotatable bonds is 5. The maximum absolute atomic E-state index is 10.8. The van der Waals surface area contributed by atoms with E-state index < -0.39 is 5.97 Å². The Hall–Kier alpha value is -1.49. The van der Waals surface area contributed by atoms with Crippen LogP contribution in [0.1, 0.15) is 30.6 Å². The third-order valence-electron chi connectivity index (χ3n) is 2.80. The Kier molecular flexibility index (Phi) is 3.91. The first-order chi connectivity index (χ1) is 8.60. The number of hydrogen-bond acceptors (Lipinski definition) is 4. The van der Waals surface area contributed by atoms with Crippen molar-refractivity contribution in [3.05, 3.63) is 23.8 Å². The Balaban J connectivity index is 2.19. The second kappa shape index (κ2) is 5.44. The predicted molar refractivity (Wildman–Crippen MR) is 71.1 cm³/mol. The highest BCUT2D eigenvalue weighted by Crippen LogP contribution is 2.26. The minimum absolute atomic E-state index is 0.220. The van der Waals surface area contributed by atoms with E-state index in [4.69, 9.17) is 9.52 Å². The number of thioether (sulfide) groups is 1. The lowest BCUT2D eigenvalue weighted by molar-refractivity contribution is 0.0697. The largest absolute Gasteiger partial charge is 0.478 e. The van der Waals surface area contributed by atoms with Crippen LogP contribution in [0, 0.1) is 5.92 Å². The van der Waals surface area contributed by atoms with Crippen LogP contribution in [0.4, 0.5) is 0 Å². The summed E-state index contributed by atoms with van der Waals surface area (Å²) in [6.45, 7) is 4.33. The maximum atomic E-state index is 10.8. The second-order valence-corrected chi connectivity index (χ2v) is 5.26. The fraction of sp³-hybridized carbons (Fsp3) is 0.385. The van der Waals surface area contributed by atoms with Crippen molar-refractivity contribution in [2.45, 2.75) is 25.5 Å². The average Bonchev–Trinajstić information content (AvgIpc) is 2.77. The Labute approximate surface area is 109 Å². The van der Waals surface area contributed by atoms with Crippen LogP contribution < -0.4 is 0 Å². The van der Waals surface area contributed by atoms with E-state index in [1.54, 1.807) is 17.8 Å². The molecule has 0 saturated heterocycles. The van der Waals surface area contributed by atoms with Gasteiger partial charge < -0.3 is 9.52 Å². The molecule has 1 heterocycles. The van der Waals surface area contributed by atoms with Crippen LogP contribution in [0.3, 0.4) is 0 Å². The summed E-state index contributed by atoms with van der Waals surface area (Å²) in [5.74, 6) is 0.608. The molecule has 0 fully saturated rings. The third kappa shape index (κ3) is 2.85. The van der Waals surface area contributed by atoms with Gasteiger partial charge in [-0.1, -0.05) is 32.0 Å². The molecule has 0 radical (unpaired) electrons. The van der Waals surface area contributed by atoms with Gasteiger partial charge >= 0.3 is 5.97 Å². The van der Waals surface area contributed by atoms with Gasteiger partial charge in [0.1, 0.15) is 5.52 Å². The van der Waals surface area contributed by atoms with Gasteiger partial charge in [0.05, 0.1) is 5.56 Å². The molecule has 0 aliphatic heterocycles. The highest BCUT2D eigenvalue weighted by Gasteiger charge is 2.11. The Bertz CT molecular complexity index is 564. The van der Waals surface area contributed by atoms with Crippen LogP contribution in [-0.2, 0) is 0 Å². The van der Waals surface area contributed by atoms with Crippen LogP contribution in [-0.4, -0.2) is 21.8 Å². The molecular formula is C13H15NO3S. The average molecular weight is 265 g/mol. The number of carbonyl (C=O) groups is 1. The molecule has 0 aliphatic carbocycles. The van der Waals surface area contributed by atoms with Gasteiger partial charge in [0.2, 0.25) is 0 Å². The zero-order valence-electron chi connectivity index (χ0n) is 10.3. The topological polar surface area (TPSA) is 63.3 Å². The molecule has 0 aliphatic rings. The van der Waals surface area contributed by atoms with E-state index in [1.165, 1.54) is 12.1 Å². The zero-order chi connectivity index (χ0) is 13.1. The van der Waals surface area contributed by atoms with E-state index in [0.29, 0.717) is 22.2 Å². The van der Waals surface area contributed by atoms with E-state index in [9.17, 15) is 4.79 Å². The Morgan fingerprint density at radius 1 is 1.56 bits per heavy atom. The quantitative estimate of drug-likeness (QED) is 0.836. The van der Waals surface area contributed by atoms with Crippen LogP contribution in [0.5, 0.6) is 0 Å². The van der Waals surface area contributed by atoms with Crippen molar-refractivity contribution in [1.29, 1.82) is 0 Å². The van der Waals surface area contributed by atoms with Crippen LogP contribution in [0.2, 0.25) is 0 Å². The minimum Gasteiger partial charge on any atom is -0.478 e. The second-order valence-electron chi connectivity index (χ2n) is 4.29.